The molecular weight excluding hydrogens is 900 g/mol. The van der Waals surface area contributed by atoms with Crippen molar-refractivity contribution in [3.8, 4) is 10.7 Å². The number of aliphatic carboxylic acids is 3. The molecule has 26 heteroatoms. The number of thiazole rings is 1. The van der Waals surface area contributed by atoms with Crippen molar-refractivity contribution in [1.29, 1.82) is 0 Å². The number of anilines is 2. The van der Waals surface area contributed by atoms with Gasteiger partial charge in [0.1, 0.15) is 15.0 Å². The van der Waals surface area contributed by atoms with Crippen molar-refractivity contribution >= 4 is 73.0 Å². The maximum atomic E-state index is 13.6. The van der Waals surface area contributed by atoms with Crippen LogP contribution in [0.4, 0.5) is 51.0 Å². The number of H-pyrrole nitrogens is 1. The van der Waals surface area contributed by atoms with Gasteiger partial charge in [-0.25, -0.2) is 32.8 Å². The van der Waals surface area contributed by atoms with E-state index in [1.807, 2.05) is 51.2 Å². The predicted octanol–water partition coefficient (Wildman–Crippen LogP) is 7.88. The highest BCUT2D eigenvalue weighted by molar-refractivity contribution is 7.94. The fraction of sp³-hybridized carbons (Fsp3) is 0.343. The quantitative estimate of drug-likeness (QED) is 0.110. The molecule has 1 fully saturated rings. The SMILES string of the molecule is Cc1cccc(N2CCN(Cc3cnc(-c4cc5cccc(N(C(C)C)S(=O)(=O)c6cccs6)c5[nH]4)s3)CC2)n1.O=C(O)C(F)(F)F.O=C(O)C(F)(F)F.O=C(O)C(F)(F)F. The van der Waals surface area contributed by atoms with Crippen LogP contribution in [-0.2, 0) is 31.0 Å². The monoisotopic (exact) mass is 934 g/mol. The lowest BCUT2D eigenvalue weighted by Gasteiger charge is -2.35. The highest BCUT2D eigenvalue weighted by atomic mass is 32.2. The van der Waals surface area contributed by atoms with Gasteiger partial charge in [0.15, 0.2) is 0 Å². The fourth-order valence-corrected chi connectivity index (χ4v) is 8.88. The van der Waals surface area contributed by atoms with Gasteiger partial charge in [-0.2, -0.15) is 39.5 Å². The first-order valence-corrected chi connectivity index (χ1v) is 20.2. The lowest BCUT2D eigenvalue weighted by molar-refractivity contribution is -0.193. The Labute approximate surface area is 348 Å². The molecule has 0 amide bonds. The molecule has 0 atom stereocenters. The molecule has 14 nitrogen and oxygen atoms in total. The number of aromatic nitrogens is 3. The molecule has 5 heterocycles. The molecule has 4 aromatic heterocycles. The molecule has 1 saturated heterocycles. The molecular formula is C35H35F9N6O8S3. The van der Waals surface area contributed by atoms with Crippen LogP contribution in [0.15, 0.2) is 70.4 Å². The first-order valence-electron chi connectivity index (χ1n) is 17.1. The molecule has 0 aliphatic carbocycles. The van der Waals surface area contributed by atoms with Gasteiger partial charge in [0.05, 0.1) is 16.9 Å². The number of fused-ring (bicyclic) bond motifs is 1. The number of carbonyl (C=O) groups is 3. The maximum absolute atomic E-state index is 13.6. The number of benzene rings is 1. The lowest BCUT2D eigenvalue weighted by atomic mass is 10.2. The van der Waals surface area contributed by atoms with E-state index in [1.54, 1.807) is 28.8 Å². The Balaban J connectivity index is 0.000000390. The Bertz CT molecular complexity index is 2300. The Kier molecular flexibility index (Phi) is 16.7. The van der Waals surface area contributed by atoms with Gasteiger partial charge in [-0.3, -0.25) is 9.21 Å². The van der Waals surface area contributed by atoms with Crippen LogP contribution < -0.4 is 9.21 Å². The van der Waals surface area contributed by atoms with E-state index in [1.165, 1.54) is 20.5 Å². The number of halogens is 9. The molecule has 4 N–H and O–H groups in total. The van der Waals surface area contributed by atoms with E-state index in [0.29, 0.717) is 9.90 Å². The molecule has 0 spiro atoms. The zero-order valence-electron chi connectivity index (χ0n) is 31.7. The topological polar surface area (TPSA) is 197 Å². The summed E-state index contributed by atoms with van der Waals surface area (Å²) in [7, 11) is -3.69. The minimum atomic E-state index is -5.08. The number of nitrogens with zero attached hydrogens (tertiary/aromatic N) is 5. The van der Waals surface area contributed by atoms with Crippen molar-refractivity contribution in [1.82, 2.24) is 19.9 Å². The van der Waals surface area contributed by atoms with Gasteiger partial charge in [-0.1, -0.05) is 24.3 Å². The van der Waals surface area contributed by atoms with Crippen molar-refractivity contribution in [2.24, 2.45) is 0 Å². The number of rotatable bonds is 8. The summed E-state index contributed by atoms with van der Waals surface area (Å²) in [6, 6.07) is 17.2. The summed E-state index contributed by atoms with van der Waals surface area (Å²) in [5, 5.41) is 25.0. The van der Waals surface area contributed by atoms with Crippen LogP contribution in [0.1, 0.15) is 24.4 Å². The Morgan fingerprint density at radius 1 is 0.836 bits per heavy atom. The van der Waals surface area contributed by atoms with Gasteiger partial charge in [-0.05, 0) is 56.5 Å². The normalized spacial score (nSPS) is 13.6. The summed E-state index contributed by atoms with van der Waals surface area (Å²) < 4.78 is 124. The molecule has 0 unspecified atom stereocenters. The summed E-state index contributed by atoms with van der Waals surface area (Å²) in [4.78, 5) is 45.6. The van der Waals surface area contributed by atoms with Gasteiger partial charge in [-0.15, -0.1) is 22.7 Å². The number of piperazine rings is 1. The van der Waals surface area contributed by atoms with Crippen LogP contribution in [0.25, 0.3) is 21.6 Å². The van der Waals surface area contributed by atoms with Crippen LogP contribution in [-0.4, -0.2) is 112 Å². The van der Waals surface area contributed by atoms with E-state index in [9.17, 15) is 47.9 Å². The summed E-state index contributed by atoms with van der Waals surface area (Å²) in [5.41, 5.74) is 3.38. The Hall–Kier alpha value is -5.47. The Morgan fingerprint density at radius 3 is 1.85 bits per heavy atom. The first-order chi connectivity index (χ1) is 28.1. The number of alkyl halides is 9. The molecule has 1 aliphatic rings. The first kappa shape index (κ1) is 49.9. The molecule has 6 rings (SSSR count). The van der Waals surface area contributed by atoms with Crippen LogP contribution in [0, 0.1) is 6.92 Å². The van der Waals surface area contributed by atoms with E-state index in [2.05, 4.69) is 38.0 Å². The highest BCUT2D eigenvalue weighted by Gasteiger charge is 2.39. The molecule has 0 bridgehead atoms. The largest absolute Gasteiger partial charge is 0.490 e. The maximum Gasteiger partial charge on any atom is 0.490 e. The zero-order valence-corrected chi connectivity index (χ0v) is 34.2. The predicted molar refractivity (Wildman–Crippen MR) is 206 cm³/mol. The van der Waals surface area contributed by atoms with Crippen LogP contribution in [0.5, 0.6) is 0 Å². The molecule has 1 aliphatic heterocycles. The molecule has 61 heavy (non-hydrogen) atoms. The standard InChI is InChI=1S/C29H32N6O2S3.3C2HF3O2/c1-20(2)35(40(36,37)27-11-6-16-38-27)25-9-5-8-22-17-24(32-28(22)25)29-30-18-23(39-29)19-33-12-14-34(15-13-33)26-10-4-7-21(3)31-26;3*3-2(4,5)1(6)7/h4-11,16-18,20,32H,12-15,19H2,1-3H3;3*(H,6,7). The van der Waals surface area contributed by atoms with E-state index in [4.69, 9.17) is 34.7 Å². The van der Waals surface area contributed by atoms with E-state index >= 15 is 0 Å². The summed E-state index contributed by atoms with van der Waals surface area (Å²) >= 11 is 2.91. The van der Waals surface area contributed by atoms with Gasteiger partial charge < -0.3 is 25.2 Å². The number of aryl methyl sites for hydroxylation is 1. The van der Waals surface area contributed by atoms with E-state index in [-0.39, 0.29) is 6.04 Å². The van der Waals surface area contributed by atoms with E-state index < -0.39 is 46.5 Å². The number of sulfonamides is 1. The number of nitrogens with one attached hydrogen (secondary N) is 1. The van der Waals surface area contributed by atoms with Gasteiger partial charge in [0.25, 0.3) is 10.0 Å². The summed E-state index contributed by atoms with van der Waals surface area (Å²) in [6.45, 7) is 10.5. The van der Waals surface area contributed by atoms with Crippen molar-refractivity contribution < 1.29 is 77.6 Å². The molecule has 334 valence electrons. The number of pyridine rings is 1. The summed E-state index contributed by atoms with van der Waals surface area (Å²) in [6.07, 6.45) is -13.3. The van der Waals surface area contributed by atoms with Crippen molar-refractivity contribution in [3.05, 3.63) is 76.7 Å². The second-order valence-electron chi connectivity index (χ2n) is 12.7. The number of hydrogen-bond acceptors (Lipinski definition) is 11. The number of carboxylic acid groups (broad SMARTS) is 3. The zero-order chi connectivity index (χ0) is 46.1. The molecule has 0 radical (unpaired) electrons. The summed E-state index contributed by atoms with van der Waals surface area (Å²) in [5.74, 6) is -7.22. The van der Waals surface area contributed by atoms with Crippen LogP contribution in [0.3, 0.4) is 0 Å². The van der Waals surface area contributed by atoms with Gasteiger partial charge >= 0.3 is 36.4 Å². The average Bonchev–Trinajstić information content (AvgIpc) is 3.94. The highest BCUT2D eigenvalue weighted by Crippen LogP contribution is 2.37. The van der Waals surface area contributed by atoms with Gasteiger partial charge in [0.2, 0.25) is 0 Å². The fourth-order valence-electron chi connectivity index (χ4n) is 5.20. The lowest BCUT2D eigenvalue weighted by Crippen LogP contribution is -2.46. The van der Waals surface area contributed by atoms with Gasteiger partial charge in [0, 0.05) is 60.9 Å². The number of hydrogen-bond donors (Lipinski definition) is 4. The smallest absolute Gasteiger partial charge is 0.475 e. The van der Waals surface area contributed by atoms with Crippen molar-refractivity contribution in [2.75, 3.05) is 35.4 Å². The molecule has 5 aromatic rings. The van der Waals surface area contributed by atoms with Crippen molar-refractivity contribution in [3.63, 3.8) is 0 Å². The average molecular weight is 935 g/mol. The molecule has 1 aromatic carbocycles. The van der Waals surface area contributed by atoms with Crippen molar-refractivity contribution in [2.45, 2.75) is 56.1 Å². The van der Waals surface area contributed by atoms with Crippen LogP contribution in [0.2, 0.25) is 0 Å². The third kappa shape index (κ3) is 14.3. The second kappa shape index (κ2) is 20.4. The molecule has 0 saturated carbocycles. The number of aromatic amines is 1. The number of carboxylic acids is 3. The Morgan fingerprint density at radius 2 is 1.38 bits per heavy atom. The van der Waals surface area contributed by atoms with E-state index in [0.717, 1.165) is 65.8 Å². The third-order valence-electron chi connectivity index (χ3n) is 7.81. The van der Waals surface area contributed by atoms with Crippen LogP contribution >= 0.6 is 22.7 Å². The minimum absolute atomic E-state index is 0.252. The second-order valence-corrected chi connectivity index (χ2v) is 16.8. The number of para-hydroxylation sites is 1. The minimum Gasteiger partial charge on any atom is -0.475 e. The number of thiophene rings is 1. The third-order valence-corrected chi connectivity index (χ3v) is 12.2.